The number of benzene rings is 2. The monoisotopic (exact) mass is 384 g/mol. The number of hydrogen-bond acceptors (Lipinski definition) is 5. The lowest BCUT2D eigenvalue weighted by Gasteiger charge is -2.13. The van der Waals surface area contributed by atoms with Crippen molar-refractivity contribution in [2.75, 3.05) is 0 Å². The Hall–Kier alpha value is -2.74. The lowest BCUT2D eigenvalue weighted by Crippen LogP contribution is -2.02. The van der Waals surface area contributed by atoms with Crippen LogP contribution in [-0.2, 0) is 0 Å². The number of thioether (sulfide) groups is 1. The van der Waals surface area contributed by atoms with E-state index in [0.717, 1.165) is 18.4 Å². The zero-order valence-electron chi connectivity index (χ0n) is 14.6. The molecule has 27 heavy (non-hydrogen) atoms. The molecule has 0 amide bonds. The van der Waals surface area contributed by atoms with E-state index in [-0.39, 0.29) is 22.8 Å². The largest absolute Gasteiger partial charge is 0.299 e. The molecule has 1 aliphatic rings. The third-order valence-electron chi connectivity index (χ3n) is 4.52. The second-order valence-electron chi connectivity index (χ2n) is 6.50. The number of halogens is 1. The van der Waals surface area contributed by atoms with Gasteiger partial charge in [-0.05, 0) is 37.5 Å². The molecular formula is C19H17FN4O2S. The average molecular weight is 384 g/mol. The molecule has 8 heteroatoms. The first-order valence-corrected chi connectivity index (χ1v) is 9.53. The second-order valence-corrected chi connectivity index (χ2v) is 7.81. The minimum absolute atomic E-state index is 0.0555. The Balaban J connectivity index is 1.66. The first-order chi connectivity index (χ1) is 13.0. The lowest BCUT2D eigenvalue weighted by molar-refractivity contribution is -0.384. The van der Waals surface area contributed by atoms with Crippen molar-refractivity contribution in [3.05, 3.63) is 70.0 Å². The van der Waals surface area contributed by atoms with Crippen LogP contribution in [0.2, 0.25) is 0 Å². The molecule has 4 rings (SSSR count). The molecule has 1 aromatic heterocycles. The van der Waals surface area contributed by atoms with Gasteiger partial charge in [0, 0.05) is 23.4 Å². The number of nitro groups is 1. The minimum atomic E-state index is -0.399. The van der Waals surface area contributed by atoms with E-state index in [1.54, 1.807) is 30.3 Å². The molecule has 1 atom stereocenters. The van der Waals surface area contributed by atoms with Gasteiger partial charge in [-0.1, -0.05) is 36.0 Å². The Morgan fingerprint density at radius 3 is 2.70 bits per heavy atom. The van der Waals surface area contributed by atoms with Crippen LogP contribution in [0, 0.1) is 15.9 Å². The van der Waals surface area contributed by atoms with Crippen molar-refractivity contribution in [1.29, 1.82) is 0 Å². The number of rotatable bonds is 6. The average Bonchev–Trinajstić information content (AvgIpc) is 3.43. The van der Waals surface area contributed by atoms with E-state index in [2.05, 4.69) is 10.2 Å². The van der Waals surface area contributed by atoms with Gasteiger partial charge >= 0.3 is 0 Å². The maximum Gasteiger partial charge on any atom is 0.269 e. The smallest absolute Gasteiger partial charge is 0.269 e. The summed E-state index contributed by atoms with van der Waals surface area (Å²) in [5, 5.41) is 20.2. The number of hydrogen-bond donors (Lipinski definition) is 0. The summed E-state index contributed by atoms with van der Waals surface area (Å²) in [5.41, 5.74) is 1.34. The van der Waals surface area contributed by atoms with E-state index in [9.17, 15) is 14.5 Å². The van der Waals surface area contributed by atoms with Crippen molar-refractivity contribution in [3.8, 4) is 11.4 Å². The molecule has 3 aromatic rings. The summed E-state index contributed by atoms with van der Waals surface area (Å²) in [6, 6.07) is 13.4. The quantitative estimate of drug-likeness (QED) is 0.332. The number of nitro benzene ring substituents is 1. The Kier molecular flexibility index (Phi) is 4.65. The molecule has 0 saturated heterocycles. The minimum Gasteiger partial charge on any atom is -0.299 e. The molecule has 1 heterocycles. The fraction of sp³-hybridized carbons (Fsp3) is 0.263. The van der Waals surface area contributed by atoms with Crippen LogP contribution in [0.1, 0.15) is 36.6 Å². The molecule has 0 aliphatic heterocycles. The van der Waals surface area contributed by atoms with E-state index in [1.165, 1.54) is 23.9 Å². The van der Waals surface area contributed by atoms with Crippen LogP contribution in [0.25, 0.3) is 11.4 Å². The Morgan fingerprint density at radius 1 is 1.22 bits per heavy atom. The first-order valence-electron chi connectivity index (χ1n) is 8.65. The Labute approximate surface area is 159 Å². The van der Waals surface area contributed by atoms with Gasteiger partial charge in [0.25, 0.3) is 5.69 Å². The van der Waals surface area contributed by atoms with E-state index in [4.69, 9.17) is 0 Å². The van der Waals surface area contributed by atoms with Gasteiger partial charge in [-0.2, -0.15) is 0 Å². The van der Waals surface area contributed by atoms with E-state index >= 15 is 0 Å². The van der Waals surface area contributed by atoms with Crippen molar-refractivity contribution in [1.82, 2.24) is 14.8 Å². The van der Waals surface area contributed by atoms with Crippen molar-refractivity contribution in [2.24, 2.45) is 0 Å². The topological polar surface area (TPSA) is 73.8 Å². The highest BCUT2D eigenvalue weighted by Crippen LogP contribution is 2.44. The van der Waals surface area contributed by atoms with Gasteiger partial charge in [0.15, 0.2) is 11.0 Å². The molecule has 1 fully saturated rings. The van der Waals surface area contributed by atoms with Crippen LogP contribution in [-0.4, -0.2) is 19.7 Å². The first kappa shape index (κ1) is 17.7. The predicted octanol–water partition coefficient (Wildman–Crippen LogP) is 5.18. The lowest BCUT2D eigenvalue weighted by atomic mass is 10.1. The van der Waals surface area contributed by atoms with Gasteiger partial charge in [-0.3, -0.25) is 14.7 Å². The second kappa shape index (κ2) is 7.11. The number of non-ortho nitro benzene ring substituents is 1. The van der Waals surface area contributed by atoms with Gasteiger partial charge < -0.3 is 0 Å². The standard InChI is InChI=1S/C19H17FN4O2S/c1-12(13-5-4-6-15(11-13)24(25)26)27-19-22-21-18(23(19)14-9-10-14)16-7-2-3-8-17(16)20/h2-8,11-12,14H,9-10H2,1H3/t12-/m0/s1. The maximum atomic E-state index is 14.2. The van der Waals surface area contributed by atoms with Gasteiger partial charge in [0.2, 0.25) is 0 Å². The third kappa shape index (κ3) is 3.57. The van der Waals surface area contributed by atoms with E-state index in [1.807, 2.05) is 17.6 Å². The normalized spacial score (nSPS) is 14.9. The van der Waals surface area contributed by atoms with Crippen LogP contribution in [0.4, 0.5) is 10.1 Å². The molecule has 1 aliphatic carbocycles. The maximum absolute atomic E-state index is 14.2. The summed E-state index contributed by atoms with van der Waals surface area (Å²) < 4.78 is 16.2. The molecule has 0 radical (unpaired) electrons. The third-order valence-corrected chi connectivity index (χ3v) is 5.64. The summed E-state index contributed by atoms with van der Waals surface area (Å²) >= 11 is 1.48. The fourth-order valence-corrected chi connectivity index (χ4v) is 4.00. The molecule has 0 N–H and O–H groups in total. The predicted molar refractivity (Wildman–Crippen MR) is 101 cm³/mol. The summed E-state index contributed by atoms with van der Waals surface area (Å²) in [6.45, 7) is 1.97. The summed E-state index contributed by atoms with van der Waals surface area (Å²) in [6.07, 6.45) is 2.02. The molecule has 0 spiro atoms. The number of nitrogens with zero attached hydrogens (tertiary/aromatic N) is 4. The molecule has 138 valence electrons. The summed E-state index contributed by atoms with van der Waals surface area (Å²) in [7, 11) is 0. The van der Waals surface area contributed by atoms with Crippen molar-refractivity contribution < 1.29 is 9.31 Å². The zero-order valence-corrected chi connectivity index (χ0v) is 15.4. The Bertz CT molecular complexity index is 1000. The molecule has 0 unspecified atom stereocenters. The van der Waals surface area contributed by atoms with Crippen LogP contribution < -0.4 is 0 Å². The van der Waals surface area contributed by atoms with E-state index in [0.29, 0.717) is 16.5 Å². The fourth-order valence-electron chi connectivity index (χ4n) is 2.96. The SMILES string of the molecule is C[C@H](Sc1nnc(-c2ccccc2F)n1C1CC1)c1cccc([N+](=O)[O-])c1. The molecule has 0 bridgehead atoms. The van der Waals surface area contributed by atoms with Crippen LogP contribution in [0.3, 0.4) is 0 Å². The van der Waals surface area contributed by atoms with Crippen molar-refractivity contribution >= 4 is 17.4 Å². The van der Waals surface area contributed by atoms with Gasteiger partial charge in [-0.25, -0.2) is 4.39 Å². The van der Waals surface area contributed by atoms with Crippen LogP contribution >= 0.6 is 11.8 Å². The van der Waals surface area contributed by atoms with Gasteiger partial charge in [0.1, 0.15) is 5.82 Å². The van der Waals surface area contributed by atoms with Crippen LogP contribution in [0.5, 0.6) is 0 Å². The highest BCUT2D eigenvalue weighted by atomic mass is 32.2. The van der Waals surface area contributed by atoms with E-state index < -0.39 is 4.92 Å². The molecular weight excluding hydrogens is 367 g/mol. The van der Waals surface area contributed by atoms with Crippen LogP contribution in [0.15, 0.2) is 53.7 Å². The summed E-state index contributed by atoms with van der Waals surface area (Å²) in [5.74, 6) is 0.208. The van der Waals surface area contributed by atoms with Crippen molar-refractivity contribution in [3.63, 3.8) is 0 Å². The highest BCUT2D eigenvalue weighted by molar-refractivity contribution is 7.99. The summed E-state index contributed by atoms with van der Waals surface area (Å²) in [4.78, 5) is 10.6. The Morgan fingerprint density at radius 2 is 2.00 bits per heavy atom. The van der Waals surface area contributed by atoms with Gasteiger partial charge in [-0.15, -0.1) is 10.2 Å². The molecule has 1 saturated carbocycles. The van der Waals surface area contributed by atoms with Crippen molar-refractivity contribution in [2.45, 2.75) is 36.2 Å². The molecule has 2 aromatic carbocycles. The molecule has 6 nitrogen and oxygen atoms in total. The number of aromatic nitrogens is 3. The highest BCUT2D eigenvalue weighted by Gasteiger charge is 2.31. The zero-order chi connectivity index (χ0) is 19.0. The van der Waals surface area contributed by atoms with Gasteiger partial charge in [0.05, 0.1) is 10.5 Å².